The fraction of sp³-hybridized carbons (Fsp3) is 0.462. The molecular weight excluding hydrogens is 221 g/mol. The van der Waals surface area contributed by atoms with E-state index in [0.29, 0.717) is 6.61 Å². The molecule has 0 saturated carbocycles. The molecule has 1 aromatic carbocycles. The van der Waals surface area contributed by atoms with Crippen LogP contribution in [0.15, 0.2) is 18.2 Å². The lowest BCUT2D eigenvalue weighted by atomic mass is 9.93. The Morgan fingerprint density at radius 2 is 2.00 bits per heavy atom. The van der Waals surface area contributed by atoms with Crippen molar-refractivity contribution >= 4 is 11.7 Å². The smallest absolute Gasteiger partial charge is 0.338 e. The molecule has 0 aliphatic rings. The number of esters is 1. The minimum absolute atomic E-state index is 0.0985. The molecule has 0 aliphatic heterocycles. The predicted octanol–water partition coefficient (Wildman–Crippen LogP) is 3.00. The van der Waals surface area contributed by atoms with Crippen molar-refractivity contribution in [2.45, 2.75) is 27.2 Å². The Balaban J connectivity index is 2.58. The molecule has 0 radical (unpaired) electrons. The molecule has 0 aromatic heterocycles. The highest BCUT2D eigenvalue weighted by Crippen LogP contribution is 2.18. The molecule has 0 amide bonds. The monoisotopic (exact) mass is 239 g/mol. The summed E-state index contributed by atoms with van der Waals surface area (Å²) in [6.07, 6.45) is 0.754. The maximum Gasteiger partial charge on any atom is 0.338 e. The van der Waals surface area contributed by atoms with E-state index < -0.39 is 11.8 Å². The number of ether oxygens (including phenoxy) is 1. The molecule has 1 aromatic rings. The first-order valence-corrected chi connectivity index (χ1v) is 5.51. The van der Waals surface area contributed by atoms with Gasteiger partial charge in [0.05, 0.1) is 12.2 Å². The maximum absolute atomic E-state index is 13.0. The molecule has 94 valence electrons. The molecule has 17 heavy (non-hydrogen) atoms. The first kappa shape index (κ1) is 13.5. The third kappa shape index (κ3) is 4.85. The molecule has 0 heterocycles. The molecule has 1 rings (SSSR count). The summed E-state index contributed by atoms with van der Waals surface area (Å²) in [4.78, 5) is 11.6. The van der Waals surface area contributed by atoms with Crippen molar-refractivity contribution in [2.24, 2.45) is 5.41 Å². The number of carbonyl (C=O) groups excluding carboxylic acids is 1. The van der Waals surface area contributed by atoms with E-state index in [1.165, 1.54) is 6.07 Å². The van der Waals surface area contributed by atoms with Gasteiger partial charge in [-0.2, -0.15) is 0 Å². The lowest BCUT2D eigenvalue weighted by molar-refractivity contribution is 0.0464. The summed E-state index contributed by atoms with van der Waals surface area (Å²) in [5.41, 5.74) is 5.91. The fourth-order valence-electron chi connectivity index (χ4n) is 1.26. The maximum atomic E-state index is 13.0. The molecule has 0 saturated heterocycles. The SMILES string of the molecule is CC(C)(C)CCOC(=O)c1cc(N)cc(F)c1. The number of halogens is 1. The normalized spacial score (nSPS) is 11.3. The lowest BCUT2D eigenvalue weighted by Gasteiger charge is -2.17. The third-order valence-electron chi connectivity index (χ3n) is 2.24. The molecule has 0 bridgehead atoms. The van der Waals surface area contributed by atoms with Gasteiger partial charge in [-0.05, 0) is 30.0 Å². The highest BCUT2D eigenvalue weighted by Gasteiger charge is 2.13. The van der Waals surface area contributed by atoms with Gasteiger partial charge in [0.15, 0.2) is 0 Å². The van der Waals surface area contributed by atoms with Crippen LogP contribution in [0.25, 0.3) is 0 Å². The summed E-state index contributed by atoms with van der Waals surface area (Å²) >= 11 is 0. The van der Waals surface area contributed by atoms with E-state index in [9.17, 15) is 9.18 Å². The molecule has 0 spiro atoms. The van der Waals surface area contributed by atoms with Crippen molar-refractivity contribution < 1.29 is 13.9 Å². The number of nitrogens with two attached hydrogens (primary N) is 1. The average Bonchev–Trinajstić information content (AvgIpc) is 2.13. The number of benzene rings is 1. The van der Waals surface area contributed by atoms with E-state index in [1.807, 2.05) is 0 Å². The van der Waals surface area contributed by atoms with Crippen molar-refractivity contribution in [1.82, 2.24) is 0 Å². The number of carbonyl (C=O) groups is 1. The van der Waals surface area contributed by atoms with Gasteiger partial charge in [0, 0.05) is 5.69 Å². The van der Waals surface area contributed by atoms with Gasteiger partial charge in [0.25, 0.3) is 0 Å². The van der Waals surface area contributed by atoms with Crippen LogP contribution < -0.4 is 5.73 Å². The van der Waals surface area contributed by atoms with Crippen LogP contribution in [0, 0.1) is 11.2 Å². The number of anilines is 1. The Labute approximate surface area is 101 Å². The van der Waals surface area contributed by atoms with Gasteiger partial charge in [-0.3, -0.25) is 0 Å². The highest BCUT2D eigenvalue weighted by atomic mass is 19.1. The molecule has 0 aliphatic carbocycles. The predicted molar refractivity (Wildman–Crippen MR) is 65.2 cm³/mol. The van der Waals surface area contributed by atoms with Gasteiger partial charge in [0.1, 0.15) is 5.82 Å². The van der Waals surface area contributed by atoms with E-state index in [1.54, 1.807) is 0 Å². The van der Waals surface area contributed by atoms with Crippen LogP contribution >= 0.6 is 0 Å². The Kier molecular flexibility index (Phi) is 4.10. The molecule has 4 heteroatoms. The van der Waals surface area contributed by atoms with Crippen LogP contribution in [0.1, 0.15) is 37.6 Å². The Bertz CT molecular complexity index is 390. The number of hydrogen-bond acceptors (Lipinski definition) is 3. The van der Waals surface area contributed by atoms with E-state index >= 15 is 0 Å². The van der Waals surface area contributed by atoms with Crippen LogP contribution in [-0.4, -0.2) is 12.6 Å². The fourth-order valence-corrected chi connectivity index (χ4v) is 1.26. The minimum Gasteiger partial charge on any atom is -0.462 e. The average molecular weight is 239 g/mol. The molecular formula is C13H18FNO2. The molecule has 2 N–H and O–H groups in total. The first-order chi connectivity index (χ1) is 7.78. The quantitative estimate of drug-likeness (QED) is 0.651. The highest BCUT2D eigenvalue weighted by molar-refractivity contribution is 5.90. The van der Waals surface area contributed by atoms with Crippen molar-refractivity contribution in [2.75, 3.05) is 12.3 Å². The lowest BCUT2D eigenvalue weighted by Crippen LogP contribution is -2.13. The summed E-state index contributed by atoms with van der Waals surface area (Å²) in [6, 6.07) is 3.68. The second kappa shape index (κ2) is 5.17. The summed E-state index contributed by atoms with van der Waals surface area (Å²) in [7, 11) is 0. The van der Waals surface area contributed by atoms with Crippen LogP contribution in [-0.2, 0) is 4.74 Å². The van der Waals surface area contributed by atoms with E-state index in [2.05, 4.69) is 20.8 Å². The van der Waals surface area contributed by atoms with Gasteiger partial charge in [-0.15, -0.1) is 0 Å². The molecule has 0 unspecified atom stereocenters. The Morgan fingerprint density at radius 3 is 2.53 bits per heavy atom. The van der Waals surface area contributed by atoms with Crippen LogP contribution in [0.2, 0.25) is 0 Å². The van der Waals surface area contributed by atoms with Gasteiger partial charge >= 0.3 is 5.97 Å². The van der Waals surface area contributed by atoms with Gasteiger partial charge in [0.2, 0.25) is 0 Å². The minimum atomic E-state index is -0.541. The number of rotatable bonds is 3. The van der Waals surface area contributed by atoms with E-state index in [-0.39, 0.29) is 16.7 Å². The van der Waals surface area contributed by atoms with Gasteiger partial charge in [-0.1, -0.05) is 20.8 Å². The standard InChI is InChI=1S/C13H18FNO2/c1-13(2,3)4-5-17-12(16)9-6-10(14)8-11(15)7-9/h6-8H,4-5,15H2,1-3H3. The summed E-state index contributed by atoms with van der Waals surface area (Å²) < 4.78 is 18.1. The van der Waals surface area contributed by atoms with Crippen molar-refractivity contribution in [3.8, 4) is 0 Å². The summed E-state index contributed by atoms with van der Waals surface area (Å²) in [5, 5.41) is 0. The number of hydrogen-bond donors (Lipinski definition) is 1. The topological polar surface area (TPSA) is 52.3 Å². The Morgan fingerprint density at radius 1 is 1.35 bits per heavy atom. The molecule has 3 nitrogen and oxygen atoms in total. The molecule has 0 fully saturated rings. The largest absolute Gasteiger partial charge is 0.462 e. The van der Waals surface area contributed by atoms with E-state index in [4.69, 9.17) is 10.5 Å². The van der Waals surface area contributed by atoms with Crippen molar-refractivity contribution in [3.05, 3.63) is 29.6 Å². The second-order valence-electron chi connectivity index (χ2n) is 5.22. The third-order valence-corrected chi connectivity index (χ3v) is 2.24. The summed E-state index contributed by atoms with van der Waals surface area (Å²) in [6.45, 7) is 6.49. The van der Waals surface area contributed by atoms with Crippen LogP contribution in [0.3, 0.4) is 0 Å². The van der Waals surface area contributed by atoms with Gasteiger partial charge < -0.3 is 10.5 Å². The zero-order valence-corrected chi connectivity index (χ0v) is 10.4. The Hall–Kier alpha value is -1.58. The zero-order chi connectivity index (χ0) is 13.1. The molecule has 0 atom stereocenters. The van der Waals surface area contributed by atoms with E-state index in [0.717, 1.165) is 18.6 Å². The zero-order valence-electron chi connectivity index (χ0n) is 10.4. The van der Waals surface area contributed by atoms with Crippen molar-refractivity contribution in [3.63, 3.8) is 0 Å². The summed E-state index contributed by atoms with van der Waals surface area (Å²) in [5.74, 6) is -1.08. The van der Waals surface area contributed by atoms with Gasteiger partial charge in [-0.25, -0.2) is 9.18 Å². The second-order valence-corrected chi connectivity index (χ2v) is 5.22. The van der Waals surface area contributed by atoms with Crippen LogP contribution in [0.4, 0.5) is 10.1 Å². The number of nitrogen functional groups attached to an aromatic ring is 1. The van der Waals surface area contributed by atoms with Crippen molar-refractivity contribution in [1.29, 1.82) is 0 Å². The van der Waals surface area contributed by atoms with Crippen LogP contribution in [0.5, 0.6) is 0 Å². The first-order valence-electron chi connectivity index (χ1n) is 5.51.